The van der Waals surface area contributed by atoms with Gasteiger partial charge in [0.2, 0.25) is 10.0 Å². The second kappa shape index (κ2) is 8.37. The predicted octanol–water partition coefficient (Wildman–Crippen LogP) is 2.86. The van der Waals surface area contributed by atoms with Crippen molar-refractivity contribution in [2.24, 2.45) is 0 Å². The van der Waals surface area contributed by atoms with Gasteiger partial charge in [-0.15, -0.1) is 0 Å². The Kier molecular flexibility index (Phi) is 5.62. The SMILES string of the molecule is CN(C)S(=O)(=O)c1ccc2c(c1)cc(C(=O)NCc1ccco1)n2Cc1ccncc1. The van der Waals surface area contributed by atoms with Crippen molar-refractivity contribution in [3.8, 4) is 0 Å². The number of benzene rings is 1. The van der Waals surface area contributed by atoms with E-state index in [9.17, 15) is 13.2 Å². The quantitative estimate of drug-likeness (QED) is 0.479. The number of carbonyl (C=O) groups excluding carboxylic acids is 1. The van der Waals surface area contributed by atoms with E-state index < -0.39 is 10.0 Å². The van der Waals surface area contributed by atoms with Crippen LogP contribution in [0.15, 0.2) is 76.5 Å². The minimum Gasteiger partial charge on any atom is -0.467 e. The van der Waals surface area contributed by atoms with Gasteiger partial charge in [0.05, 0.1) is 17.7 Å². The number of rotatable bonds is 7. The number of hydrogen-bond donors (Lipinski definition) is 1. The molecule has 0 spiro atoms. The summed E-state index contributed by atoms with van der Waals surface area (Å²) in [6.45, 7) is 0.693. The van der Waals surface area contributed by atoms with E-state index in [-0.39, 0.29) is 17.3 Å². The van der Waals surface area contributed by atoms with E-state index in [1.165, 1.54) is 18.4 Å². The summed E-state index contributed by atoms with van der Waals surface area (Å²) in [5.74, 6) is 0.364. The number of hydrogen-bond acceptors (Lipinski definition) is 5. The summed E-state index contributed by atoms with van der Waals surface area (Å²) < 4.78 is 33.4. The van der Waals surface area contributed by atoms with Crippen molar-refractivity contribution < 1.29 is 17.6 Å². The van der Waals surface area contributed by atoms with E-state index in [0.717, 1.165) is 11.1 Å². The summed E-state index contributed by atoms with van der Waals surface area (Å²) in [5, 5.41) is 3.53. The average Bonchev–Trinajstić information content (AvgIpc) is 3.40. The highest BCUT2D eigenvalue weighted by Gasteiger charge is 2.21. The van der Waals surface area contributed by atoms with Crippen LogP contribution in [0.1, 0.15) is 21.8 Å². The molecule has 8 nitrogen and oxygen atoms in total. The molecule has 0 fully saturated rings. The van der Waals surface area contributed by atoms with Crippen molar-refractivity contribution in [2.45, 2.75) is 18.0 Å². The van der Waals surface area contributed by atoms with E-state index in [0.29, 0.717) is 23.4 Å². The van der Waals surface area contributed by atoms with Crippen LogP contribution in [-0.4, -0.2) is 42.3 Å². The lowest BCUT2D eigenvalue weighted by Gasteiger charge is -2.13. The van der Waals surface area contributed by atoms with E-state index in [1.54, 1.807) is 55.1 Å². The highest BCUT2D eigenvalue weighted by Crippen LogP contribution is 2.26. The zero-order valence-corrected chi connectivity index (χ0v) is 18.0. The maximum absolute atomic E-state index is 13.0. The van der Waals surface area contributed by atoms with Gasteiger partial charge in [-0.05, 0) is 54.1 Å². The maximum Gasteiger partial charge on any atom is 0.268 e. The first-order valence-electron chi connectivity index (χ1n) is 9.61. The minimum absolute atomic E-state index is 0.175. The molecule has 0 aliphatic rings. The number of fused-ring (bicyclic) bond motifs is 1. The molecule has 3 heterocycles. The summed E-state index contributed by atoms with van der Waals surface area (Å²) in [4.78, 5) is 17.2. The Bertz CT molecular complexity index is 1310. The van der Waals surface area contributed by atoms with Crippen LogP contribution >= 0.6 is 0 Å². The molecule has 4 aromatic rings. The maximum atomic E-state index is 13.0. The van der Waals surface area contributed by atoms with Gasteiger partial charge in [0.15, 0.2) is 0 Å². The standard InChI is InChI=1S/C22H22N4O4S/c1-25(2)31(28,29)19-5-6-20-17(12-19)13-21(22(27)24-14-18-4-3-11-30-18)26(20)15-16-7-9-23-10-8-16/h3-13H,14-15H2,1-2H3,(H,24,27). The molecular weight excluding hydrogens is 416 g/mol. The van der Waals surface area contributed by atoms with Crippen LogP contribution in [0.2, 0.25) is 0 Å². The molecule has 1 aromatic carbocycles. The van der Waals surface area contributed by atoms with Gasteiger partial charge in [-0.1, -0.05) is 0 Å². The third kappa shape index (κ3) is 4.23. The number of sulfonamides is 1. The Morgan fingerprint density at radius 1 is 1.13 bits per heavy atom. The molecule has 160 valence electrons. The first kappa shape index (κ1) is 20.8. The van der Waals surface area contributed by atoms with Crippen molar-refractivity contribution in [2.75, 3.05) is 14.1 Å². The van der Waals surface area contributed by atoms with Crippen molar-refractivity contribution in [1.29, 1.82) is 0 Å². The smallest absolute Gasteiger partial charge is 0.268 e. The highest BCUT2D eigenvalue weighted by atomic mass is 32.2. The number of furan rings is 1. The first-order valence-corrected chi connectivity index (χ1v) is 11.1. The molecule has 0 radical (unpaired) electrons. The number of nitrogens with zero attached hydrogens (tertiary/aromatic N) is 3. The van der Waals surface area contributed by atoms with Gasteiger partial charge in [-0.2, -0.15) is 0 Å². The van der Waals surface area contributed by atoms with Crippen LogP contribution in [0.3, 0.4) is 0 Å². The van der Waals surface area contributed by atoms with Gasteiger partial charge in [0.25, 0.3) is 5.91 Å². The fourth-order valence-electron chi connectivity index (χ4n) is 3.32. The van der Waals surface area contributed by atoms with Crippen molar-refractivity contribution in [3.63, 3.8) is 0 Å². The van der Waals surface area contributed by atoms with Gasteiger partial charge in [0.1, 0.15) is 11.5 Å². The molecule has 0 aliphatic carbocycles. The Morgan fingerprint density at radius 3 is 2.58 bits per heavy atom. The monoisotopic (exact) mass is 438 g/mol. The molecule has 0 saturated heterocycles. The largest absolute Gasteiger partial charge is 0.467 e. The minimum atomic E-state index is -3.59. The number of pyridine rings is 1. The van der Waals surface area contributed by atoms with Gasteiger partial charge >= 0.3 is 0 Å². The molecule has 0 unspecified atom stereocenters. The average molecular weight is 439 g/mol. The van der Waals surface area contributed by atoms with Crippen molar-refractivity contribution in [1.82, 2.24) is 19.2 Å². The van der Waals surface area contributed by atoms with Crippen molar-refractivity contribution >= 4 is 26.8 Å². The number of nitrogens with one attached hydrogen (secondary N) is 1. The normalized spacial score (nSPS) is 11.8. The molecule has 3 aromatic heterocycles. The number of aromatic nitrogens is 2. The molecule has 4 rings (SSSR count). The molecule has 31 heavy (non-hydrogen) atoms. The summed E-state index contributed by atoms with van der Waals surface area (Å²) in [7, 11) is -0.613. The van der Waals surface area contributed by atoms with E-state index in [4.69, 9.17) is 4.42 Å². The fourth-order valence-corrected chi connectivity index (χ4v) is 4.26. The summed E-state index contributed by atoms with van der Waals surface area (Å²) >= 11 is 0. The summed E-state index contributed by atoms with van der Waals surface area (Å²) in [5.41, 5.74) is 2.16. The van der Waals surface area contributed by atoms with Crippen LogP contribution in [0, 0.1) is 0 Å². The lowest BCUT2D eigenvalue weighted by atomic mass is 10.2. The van der Waals surface area contributed by atoms with Crippen LogP contribution in [0.5, 0.6) is 0 Å². The van der Waals surface area contributed by atoms with Gasteiger partial charge in [-0.3, -0.25) is 9.78 Å². The Morgan fingerprint density at radius 2 is 1.90 bits per heavy atom. The lowest BCUT2D eigenvalue weighted by molar-refractivity contribution is 0.0939. The molecule has 1 N–H and O–H groups in total. The molecule has 0 aliphatic heterocycles. The van der Waals surface area contributed by atoms with E-state index >= 15 is 0 Å². The number of carbonyl (C=O) groups is 1. The third-order valence-electron chi connectivity index (χ3n) is 4.98. The Hall–Kier alpha value is -3.43. The Labute approximate surface area is 180 Å². The van der Waals surface area contributed by atoms with Crippen LogP contribution < -0.4 is 5.32 Å². The first-order chi connectivity index (χ1) is 14.9. The molecule has 0 saturated carbocycles. The van der Waals surface area contributed by atoms with Crippen molar-refractivity contribution in [3.05, 3.63) is 84.2 Å². The highest BCUT2D eigenvalue weighted by molar-refractivity contribution is 7.89. The van der Waals surface area contributed by atoms with Gasteiger partial charge < -0.3 is 14.3 Å². The van der Waals surface area contributed by atoms with Crippen LogP contribution in [0.25, 0.3) is 10.9 Å². The van der Waals surface area contributed by atoms with Crippen LogP contribution in [0.4, 0.5) is 0 Å². The fraction of sp³-hybridized carbons (Fsp3) is 0.182. The van der Waals surface area contributed by atoms with Gasteiger partial charge in [0, 0.05) is 43.9 Å². The predicted molar refractivity (Wildman–Crippen MR) is 116 cm³/mol. The molecule has 0 atom stereocenters. The molecule has 9 heteroatoms. The lowest BCUT2D eigenvalue weighted by Crippen LogP contribution is -2.25. The van der Waals surface area contributed by atoms with Gasteiger partial charge in [-0.25, -0.2) is 12.7 Å². The second-order valence-corrected chi connectivity index (χ2v) is 9.39. The molecule has 1 amide bonds. The summed E-state index contributed by atoms with van der Waals surface area (Å²) in [6, 6.07) is 13.9. The number of amides is 1. The van der Waals surface area contributed by atoms with Crippen LogP contribution in [-0.2, 0) is 23.1 Å². The third-order valence-corrected chi connectivity index (χ3v) is 6.79. The second-order valence-electron chi connectivity index (χ2n) is 7.24. The molecular formula is C22H22N4O4S. The van der Waals surface area contributed by atoms with E-state index in [1.807, 2.05) is 16.7 Å². The topological polar surface area (TPSA) is 97.4 Å². The molecule has 0 bridgehead atoms. The Balaban J connectivity index is 1.76. The van der Waals surface area contributed by atoms with E-state index in [2.05, 4.69) is 10.3 Å². The summed E-state index contributed by atoms with van der Waals surface area (Å²) in [6.07, 6.45) is 4.94. The zero-order valence-electron chi connectivity index (χ0n) is 17.1. The zero-order chi connectivity index (χ0) is 22.0.